The molecule has 0 atom stereocenters. The normalized spacial score (nSPS) is 11.8. The molecule has 0 aliphatic carbocycles. The topological polar surface area (TPSA) is 116 Å². The number of rotatable bonds is 6. The van der Waals surface area contributed by atoms with Crippen LogP contribution in [-0.2, 0) is 19.3 Å². The quantitative estimate of drug-likeness (QED) is 0.338. The lowest BCUT2D eigenvalue weighted by atomic mass is 10.1. The van der Waals surface area contributed by atoms with Gasteiger partial charge in [-0.25, -0.2) is 9.97 Å². The molecule has 1 amide bonds. The van der Waals surface area contributed by atoms with Gasteiger partial charge in [0.15, 0.2) is 11.5 Å². The number of carbonyl (C=O) groups excluding carboxylic acids is 1. The Morgan fingerprint density at radius 1 is 1.08 bits per heavy atom. The van der Waals surface area contributed by atoms with E-state index in [1.807, 2.05) is 24.3 Å². The van der Waals surface area contributed by atoms with Crippen molar-refractivity contribution in [1.29, 1.82) is 0 Å². The van der Waals surface area contributed by atoms with Crippen LogP contribution in [0.4, 0.5) is 13.2 Å². The molecule has 8 nitrogen and oxygen atoms in total. The van der Waals surface area contributed by atoms with E-state index in [0.29, 0.717) is 16.5 Å². The van der Waals surface area contributed by atoms with Crippen LogP contribution in [0.2, 0.25) is 0 Å². The fourth-order valence-electron chi connectivity index (χ4n) is 3.91. The molecule has 0 bridgehead atoms. The monoisotopic (exact) mass is 496 g/mol. The Hall–Kier alpha value is -4.38. The highest BCUT2D eigenvalue weighted by Crippen LogP contribution is 2.37. The maximum atomic E-state index is 13.2. The minimum atomic E-state index is -4.63. The van der Waals surface area contributed by atoms with Crippen LogP contribution in [0.25, 0.3) is 33.3 Å². The summed E-state index contributed by atoms with van der Waals surface area (Å²) in [6.07, 6.45) is -3.06. The van der Waals surface area contributed by atoms with Gasteiger partial charge in [-0.15, -0.1) is 0 Å². The van der Waals surface area contributed by atoms with E-state index in [1.54, 1.807) is 12.3 Å². The van der Waals surface area contributed by atoms with E-state index in [0.717, 1.165) is 17.0 Å². The number of amides is 1. The highest BCUT2D eigenvalue weighted by Gasteiger charge is 2.33. The van der Waals surface area contributed by atoms with E-state index in [9.17, 15) is 18.0 Å². The third kappa shape index (κ3) is 4.13. The summed E-state index contributed by atoms with van der Waals surface area (Å²) in [5.41, 5.74) is 6.49. The highest BCUT2D eigenvalue weighted by atomic mass is 19.4. The zero-order valence-electron chi connectivity index (χ0n) is 18.8. The first-order valence-electron chi connectivity index (χ1n) is 10.8. The molecular formula is C25H19F3N4O4. The number of nitrogens with one attached hydrogen (secondary N) is 1. The zero-order chi connectivity index (χ0) is 25.4. The molecule has 3 aromatic heterocycles. The third-order valence-electron chi connectivity index (χ3n) is 5.66. The van der Waals surface area contributed by atoms with Gasteiger partial charge in [-0.2, -0.15) is 13.2 Å². The second-order valence-corrected chi connectivity index (χ2v) is 7.84. The number of fused-ring (bicyclic) bond motifs is 2. The molecule has 0 fully saturated rings. The van der Waals surface area contributed by atoms with Gasteiger partial charge in [0.25, 0.3) is 5.91 Å². The van der Waals surface area contributed by atoms with Gasteiger partial charge in [0.05, 0.1) is 19.9 Å². The maximum Gasteiger partial charge on any atom is 0.433 e. The molecule has 0 aliphatic heterocycles. The second-order valence-electron chi connectivity index (χ2n) is 7.84. The standard InChI is InChI=1S/C25H19F3N4O4/c1-34-18-8-6-16(15-7-9-20(25(26,27)28)31-21(15)18)24-32-22(19(10-29)36-24)23(33)30-11-13-12-35-17-5-3-2-4-14(13)17/h2-9,12H,10-11,29H2,1H3,(H,30,33). The number of hydrogen-bond donors (Lipinski definition) is 2. The summed E-state index contributed by atoms with van der Waals surface area (Å²) in [6, 6.07) is 12.6. The number of methoxy groups -OCH3 is 1. The average Bonchev–Trinajstić information content (AvgIpc) is 3.50. The summed E-state index contributed by atoms with van der Waals surface area (Å²) in [7, 11) is 1.33. The summed E-state index contributed by atoms with van der Waals surface area (Å²) < 4.78 is 56.1. The van der Waals surface area contributed by atoms with Crippen molar-refractivity contribution in [2.24, 2.45) is 5.73 Å². The highest BCUT2D eigenvalue weighted by molar-refractivity contribution is 5.98. The number of hydrogen-bond acceptors (Lipinski definition) is 7. The minimum Gasteiger partial charge on any atom is -0.494 e. The number of carbonyl (C=O) groups is 1. The van der Waals surface area contributed by atoms with Gasteiger partial charge < -0.3 is 24.6 Å². The first-order valence-corrected chi connectivity index (χ1v) is 10.8. The Kier molecular flexibility index (Phi) is 5.84. The van der Waals surface area contributed by atoms with Crippen LogP contribution >= 0.6 is 0 Å². The molecule has 5 rings (SSSR count). The van der Waals surface area contributed by atoms with Crippen molar-refractivity contribution < 1.29 is 31.5 Å². The number of aromatic nitrogens is 2. The molecule has 0 unspecified atom stereocenters. The van der Waals surface area contributed by atoms with E-state index in [1.165, 1.54) is 19.2 Å². The first kappa shape index (κ1) is 23.4. The average molecular weight is 496 g/mol. The summed E-state index contributed by atoms with van der Waals surface area (Å²) >= 11 is 0. The van der Waals surface area contributed by atoms with Gasteiger partial charge in [0, 0.05) is 28.4 Å². The summed E-state index contributed by atoms with van der Waals surface area (Å²) in [6.45, 7) is 0.0621. The summed E-state index contributed by atoms with van der Waals surface area (Å²) in [4.78, 5) is 21.0. The number of furan rings is 1. The Bertz CT molecular complexity index is 1590. The Morgan fingerprint density at radius 2 is 1.89 bits per heavy atom. The van der Waals surface area contributed by atoms with Crippen molar-refractivity contribution in [2.75, 3.05) is 7.11 Å². The second kappa shape index (κ2) is 9.00. The van der Waals surface area contributed by atoms with E-state index >= 15 is 0 Å². The van der Waals surface area contributed by atoms with Crippen molar-refractivity contribution in [3.05, 3.63) is 77.5 Å². The molecule has 0 saturated heterocycles. The Morgan fingerprint density at radius 3 is 2.64 bits per heavy atom. The molecule has 36 heavy (non-hydrogen) atoms. The van der Waals surface area contributed by atoms with Gasteiger partial charge in [0.2, 0.25) is 5.89 Å². The van der Waals surface area contributed by atoms with Crippen molar-refractivity contribution in [1.82, 2.24) is 15.3 Å². The molecular weight excluding hydrogens is 477 g/mol. The number of halogens is 3. The van der Waals surface area contributed by atoms with Crippen molar-refractivity contribution in [2.45, 2.75) is 19.3 Å². The SMILES string of the molecule is COc1ccc(-c2nc(C(=O)NCc3coc4ccccc34)c(CN)o2)c2ccc(C(F)(F)F)nc12. The molecule has 0 radical (unpaired) electrons. The molecule has 3 heterocycles. The van der Waals surface area contributed by atoms with Crippen molar-refractivity contribution in [3.63, 3.8) is 0 Å². The largest absolute Gasteiger partial charge is 0.494 e. The van der Waals surface area contributed by atoms with E-state index in [2.05, 4.69) is 15.3 Å². The van der Waals surface area contributed by atoms with Crippen LogP contribution in [0.1, 0.15) is 27.5 Å². The molecule has 11 heteroatoms. The number of ether oxygens (including phenoxy) is 1. The van der Waals surface area contributed by atoms with Crippen LogP contribution in [0.5, 0.6) is 5.75 Å². The van der Waals surface area contributed by atoms with Gasteiger partial charge in [-0.3, -0.25) is 4.79 Å². The number of para-hydroxylation sites is 1. The molecule has 3 N–H and O–H groups in total. The van der Waals surface area contributed by atoms with Crippen LogP contribution in [0, 0.1) is 0 Å². The fourth-order valence-corrected chi connectivity index (χ4v) is 3.91. The fraction of sp³-hybridized carbons (Fsp3) is 0.160. The van der Waals surface area contributed by atoms with Crippen LogP contribution in [-0.4, -0.2) is 23.0 Å². The van der Waals surface area contributed by atoms with Gasteiger partial charge in [-0.05, 0) is 30.3 Å². The summed E-state index contributed by atoms with van der Waals surface area (Å²) in [5, 5.41) is 3.96. The lowest BCUT2D eigenvalue weighted by Gasteiger charge is -2.11. The molecule has 5 aromatic rings. The number of nitrogens with two attached hydrogens (primary N) is 1. The number of oxazole rings is 1. The number of nitrogens with zero attached hydrogens (tertiary/aromatic N) is 2. The van der Waals surface area contributed by atoms with Gasteiger partial charge >= 0.3 is 6.18 Å². The van der Waals surface area contributed by atoms with Crippen LogP contribution in [0.15, 0.2) is 63.6 Å². The Balaban J connectivity index is 1.49. The van der Waals surface area contributed by atoms with Crippen LogP contribution in [0.3, 0.4) is 0 Å². The van der Waals surface area contributed by atoms with Gasteiger partial charge in [-0.1, -0.05) is 18.2 Å². The molecule has 0 aliphatic rings. The maximum absolute atomic E-state index is 13.2. The lowest BCUT2D eigenvalue weighted by Crippen LogP contribution is -2.24. The third-order valence-corrected chi connectivity index (χ3v) is 5.66. The molecule has 0 spiro atoms. The van der Waals surface area contributed by atoms with Crippen LogP contribution < -0.4 is 15.8 Å². The lowest BCUT2D eigenvalue weighted by molar-refractivity contribution is -0.140. The molecule has 0 saturated carbocycles. The predicted octanol–water partition coefficient (Wildman–Crippen LogP) is 5.05. The number of benzene rings is 2. The zero-order valence-corrected chi connectivity index (χ0v) is 18.8. The first-order chi connectivity index (χ1) is 17.3. The minimum absolute atomic E-state index is 0.0172. The van der Waals surface area contributed by atoms with E-state index in [-0.39, 0.29) is 41.7 Å². The number of alkyl halides is 3. The summed E-state index contributed by atoms with van der Waals surface area (Å²) in [5.74, 6) is -0.228. The molecule has 184 valence electrons. The predicted molar refractivity (Wildman–Crippen MR) is 124 cm³/mol. The smallest absolute Gasteiger partial charge is 0.433 e. The Labute approximate surface area is 201 Å². The number of pyridine rings is 1. The van der Waals surface area contributed by atoms with Gasteiger partial charge in [0.1, 0.15) is 22.5 Å². The van der Waals surface area contributed by atoms with Crippen molar-refractivity contribution in [3.8, 4) is 17.2 Å². The van der Waals surface area contributed by atoms with E-state index in [4.69, 9.17) is 19.3 Å². The molecule has 2 aromatic carbocycles. The van der Waals surface area contributed by atoms with Crippen molar-refractivity contribution >= 4 is 27.8 Å². The van der Waals surface area contributed by atoms with E-state index < -0.39 is 17.8 Å².